The fourth-order valence-electron chi connectivity index (χ4n) is 5.27. The topological polar surface area (TPSA) is 40.5 Å². The number of ketones is 1. The van der Waals surface area contributed by atoms with Crippen molar-refractivity contribution >= 4 is 27.2 Å². The smallest absolute Gasteiger partial charge is 0.203 e. The quantitative estimate of drug-likeness (QED) is 0.199. The van der Waals surface area contributed by atoms with Crippen molar-refractivity contribution in [1.82, 2.24) is 4.90 Å². The molecule has 5 rings (SSSR count). The van der Waals surface area contributed by atoms with Crippen LogP contribution in [0.2, 0.25) is 0 Å². The number of benzene rings is 3. The lowest BCUT2D eigenvalue weighted by atomic mass is 9.95. The molecule has 0 radical (unpaired) electrons. The third-order valence-electron chi connectivity index (χ3n) is 7.25. The lowest BCUT2D eigenvalue weighted by molar-refractivity contribution is 0.104. The molecule has 1 aromatic heterocycles. The summed E-state index contributed by atoms with van der Waals surface area (Å²) in [7, 11) is 0. The van der Waals surface area contributed by atoms with Crippen LogP contribution in [0, 0.1) is 18.7 Å². The number of fused-ring (bicyclic) bond motifs is 1. The molecule has 3 nitrogen and oxygen atoms in total. The average Bonchev–Trinajstić information content (AvgIpc) is 3.44. The van der Waals surface area contributed by atoms with Gasteiger partial charge in [0.15, 0.2) is 0 Å². The molecule has 0 aliphatic carbocycles. The first-order valence-corrected chi connectivity index (χ1v) is 13.6. The molecule has 1 atom stereocenters. The van der Waals surface area contributed by atoms with E-state index in [2.05, 4.69) is 36.1 Å². The van der Waals surface area contributed by atoms with Gasteiger partial charge in [-0.1, -0.05) is 31.2 Å². The molecule has 2 heterocycles. The van der Waals surface area contributed by atoms with Crippen molar-refractivity contribution in [3.63, 3.8) is 0 Å². The number of phenolic OH excluding ortho intramolecular Hbond substituents is 1. The van der Waals surface area contributed by atoms with Gasteiger partial charge in [0, 0.05) is 27.8 Å². The largest absolute Gasteiger partial charge is 0.508 e. The van der Waals surface area contributed by atoms with E-state index in [0.717, 1.165) is 33.6 Å². The summed E-state index contributed by atoms with van der Waals surface area (Å²) in [5, 5.41) is 11.0. The summed E-state index contributed by atoms with van der Waals surface area (Å²) in [6.45, 7) is 7.75. The number of likely N-dealkylation sites (tertiary alicyclic amines) is 1. The predicted molar refractivity (Wildman–Crippen MR) is 147 cm³/mol. The third kappa shape index (κ3) is 5.23. The van der Waals surface area contributed by atoms with Crippen molar-refractivity contribution in [3.05, 3.63) is 88.0 Å². The molecule has 1 N–H and O–H groups in total. The summed E-state index contributed by atoms with van der Waals surface area (Å²) in [5.74, 6) is 0.532. The second-order valence-electron chi connectivity index (χ2n) is 10.1. The molecule has 0 unspecified atom stereocenters. The number of rotatable bonds is 8. The Morgan fingerprint density at radius 3 is 2.61 bits per heavy atom. The van der Waals surface area contributed by atoms with Gasteiger partial charge in [-0.15, -0.1) is 11.3 Å². The van der Waals surface area contributed by atoms with E-state index in [1.165, 1.54) is 67.9 Å². The van der Waals surface area contributed by atoms with Gasteiger partial charge < -0.3 is 10.0 Å². The Labute approximate surface area is 216 Å². The zero-order valence-electron chi connectivity index (χ0n) is 20.9. The normalized spacial score (nSPS) is 16.1. The van der Waals surface area contributed by atoms with Crippen LogP contribution in [0.4, 0.5) is 4.39 Å². The molecule has 3 aromatic carbocycles. The fraction of sp³-hybridized carbons (Fsp3) is 0.323. The van der Waals surface area contributed by atoms with Crippen LogP contribution in [0.15, 0.2) is 60.7 Å². The third-order valence-corrected chi connectivity index (χ3v) is 8.40. The van der Waals surface area contributed by atoms with Crippen LogP contribution in [-0.4, -0.2) is 35.4 Å². The summed E-state index contributed by atoms with van der Waals surface area (Å²) in [6, 6.07) is 18.0. The molecule has 1 aliphatic heterocycles. The minimum Gasteiger partial charge on any atom is -0.508 e. The van der Waals surface area contributed by atoms with E-state index < -0.39 is 0 Å². The number of nitrogens with zero attached hydrogens (tertiary/aromatic N) is 1. The SMILES string of the molecule is Cc1cc(F)ccc1C(=O)c1sc2cc(O)ccc2c1-c1ccc(CCCCN2CC[C@@H](C)C2)cc1. The maximum absolute atomic E-state index is 13.7. The number of hydrogen-bond acceptors (Lipinski definition) is 4. The number of hydrogen-bond donors (Lipinski definition) is 1. The molecule has 0 spiro atoms. The summed E-state index contributed by atoms with van der Waals surface area (Å²) in [6.07, 6.45) is 4.74. The van der Waals surface area contributed by atoms with Crippen LogP contribution in [0.1, 0.15) is 52.5 Å². The van der Waals surface area contributed by atoms with Crippen LogP contribution in [0.5, 0.6) is 5.75 Å². The van der Waals surface area contributed by atoms with E-state index >= 15 is 0 Å². The van der Waals surface area contributed by atoms with E-state index in [1.54, 1.807) is 25.1 Å². The van der Waals surface area contributed by atoms with Gasteiger partial charge in [0.1, 0.15) is 11.6 Å². The van der Waals surface area contributed by atoms with Crippen LogP contribution < -0.4 is 0 Å². The minimum atomic E-state index is -0.351. The van der Waals surface area contributed by atoms with Crippen molar-refractivity contribution in [3.8, 4) is 16.9 Å². The van der Waals surface area contributed by atoms with Crippen molar-refractivity contribution in [2.24, 2.45) is 5.92 Å². The highest BCUT2D eigenvalue weighted by atomic mass is 32.1. The Hall–Kier alpha value is -3.02. The van der Waals surface area contributed by atoms with Gasteiger partial charge in [-0.05, 0) is 105 Å². The molecule has 0 saturated carbocycles. The zero-order chi connectivity index (χ0) is 25.2. The Morgan fingerprint density at radius 2 is 1.89 bits per heavy atom. The second-order valence-corrected chi connectivity index (χ2v) is 11.2. The molecule has 1 saturated heterocycles. The molecular formula is C31H32FNO2S. The minimum absolute atomic E-state index is 0.122. The Kier molecular flexibility index (Phi) is 7.22. The number of carbonyl (C=O) groups excluding carboxylic acids is 1. The molecule has 0 bridgehead atoms. The Balaban J connectivity index is 1.39. The van der Waals surface area contributed by atoms with Gasteiger partial charge in [-0.25, -0.2) is 4.39 Å². The summed E-state index contributed by atoms with van der Waals surface area (Å²) in [5.41, 5.74) is 4.26. The highest BCUT2D eigenvalue weighted by Gasteiger charge is 2.23. The van der Waals surface area contributed by atoms with Gasteiger partial charge >= 0.3 is 0 Å². The number of unbranched alkanes of at least 4 members (excludes halogenated alkanes) is 1. The Morgan fingerprint density at radius 1 is 1.08 bits per heavy atom. The van der Waals surface area contributed by atoms with Crippen LogP contribution in [0.3, 0.4) is 0 Å². The van der Waals surface area contributed by atoms with E-state index in [0.29, 0.717) is 16.0 Å². The van der Waals surface area contributed by atoms with Gasteiger partial charge in [0.25, 0.3) is 0 Å². The highest BCUT2D eigenvalue weighted by Crippen LogP contribution is 2.41. The van der Waals surface area contributed by atoms with Gasteiger partial charge in [0.05, 0.1) is 4.88 Å². The maximum atomic E-state index is 13.7. The van der Waals surface area contributed by atoms with Crippen molar-refractivity contribution < 1.29 is 14.3 Å². The second kappa shape index (κ2) is 10.5. The first-order valence-electron chi connectivity index (χ1n) is 12.8. The predicted octanol–water partition coefficient (Wildman–Crippen LogP) is 7.62. The van der Waals surface area contributed by atoms with Crippen LogP contribution >= 0.6 is 11.3 Å². The van der Waals surface area contributed by atoms with Crippen molar-refractivity contribution in [2.75, 3.05) is 19.6 Å². The molecule has 4 aromatic rings. The molecule has 0 amide bonds. The van der Waals surface area contributed by atoms with Crippen molar-refractivity contribution in [1.29, 1.82) is 0 Å². The first-order chi connectivity index (χ1) is 17.4. The molecular weight excluding hydrogens is 469 g/mol. The average molecular weight is 502 g/mol. The molecule has 186 valence electrons. The highest BCUT2D eigenvalue weighted by molar-refractivity contribution is 7.21. The number of halogens is 1. The summed E-state index contributed by atoms with van der Waals surface area (Å²) < 4.78 is 14.5. The molecule has 36 heavy (non-hydrogen) atoms. The summed E-state index contributed by atoms with van der Waals surface area (Å²) >= 11 is 1.37. The maximum Gasteiger partial charge on any atom is 0.203 e. The van der Waals surface area contributed by atoms with E-state index in [1.807, 2.05) is 6.07 Å². The number of carbonyl (C=O) groups is 1. The monoisotopic (exact) mass is 501 g/mol. The van der Waals surface area contributed by atoms with E-state index in [4.69, 9.17) is 0 Å². The summed E-state index contributed by atoms with van der Waals surface area (Å²) in [4.78, 5) is 16.8. The van der Waals surface area contributed by atoms with Crippen molar-refractivity contribution in [2.45, 2.75) is 39.5 Å². The molecule has 1 aliphatic rings. The number of aryl methyl sites for hydroxylation is 2. The van der Waals surface area contributed by atoms with Crippen LogP contribution in [0.25, 0.3) is 21.2 Å². The first kappa shape index (κ1) is 24.7. The van der Waals surface area contributed by atoms with E-state index in [9.17, 15) is 14.3 Å². The van der Waals surface area contributed by atoms with Gasteiger partial charge in [-0.2, -0.15) is 0 Å². The fourth-order valence-corrected chi connectivity index (χ4v) is 6.48. The lowest BCUT2D eigenvalue weighted by Crippen LogP contribution is -2.21. The molecule has 5 heteroatoms. The van der Waals surface area contributed by atoms with Gasteiger partial charge in [-0.3, -0.25) is 4.79 Å². The lowest BCUT2D eigenvalue weighted by Gasteiger charge is -2.14. The standard InChI is InChI=1S/C31H32FNO2S/c1-20-14-16-33(19-20)15-4-3-5-22-6-8-23(9-7-22)29-27-13-11-25(34)18-28(27)36-31(29)30(35)26-12-10-24(32)17-21(26)2/h6-13,17-18,20,34H,3-5,14-16,19H2,1-2H3/t20-/m1/s1. The Bertz CT molecular complexity index is 1390. The van der Waals surface area contributed by atoms with Gasteiger partial charge in [0.2, 0.25) is 5.78 Å². The number of aromatic hydroxyl groups is 1. The van der Waals surface area contributed by atoms with Crippen LogP contribution in [-0.2, 0) is 6.42 Å². The van der Waals surface area contributed by atoms with E-state index in [-0.39, 0.29) is 17.3 Å². The zero-order valence-corrected chi connectivity index (χ0v) is 21.7. The number of phenols is 1. The molecule has 1 fully saturated rings. The number of thiophene rings is 1.